The predicted octanol–water partition coefficient (Wildman–Crippen LogP) is 0.0649. The summed E-state index contributed by atoms with van der Waals surface area (Å²) in [7, 11) is 0. The number of rotatable bonds is 2. The Morgan fingerprint density at radius 2 is 2.11 bits per heavy atom. The summed E-state index contributed by atoms with van der Waals surface area (Å²) >= 11 is 0. The molecule has 0 radical (unpaired) electrons. The zero-order valence-corrected chi connectivity index (χ0v) is 5.73. The minimum Gasteiger partial charge on any atom is -0.481 e. The van der Waals surface area contributed by atoms with Gasteiger partial charge in [-0.05, 0) is 6.92 Å². The van der Waals surface area contributed by atoms with Crippen molar-refractivity contribution >= 4 is 24.2 Å². The Kier molecular flexibility index (Phi) is 5.10. The lowest BCUT2D eigenvalue weighted by Gasteiger charge is -1.99. The van der Waals surface area contributed by atoms with Crippen LogP contribution in [0.15, 0.2) is 0 Å². The van der Waals surface area contributed by atoms with E-state index in [1.54, 1.807) is 0 Å². The van der Waals surface area contributed by atoms with E-state index in [9.17, 15) is 4.79 Å². The second-order valence-electron chi connectivity index (χ2n) is 1.52. The Morgan fingerprint density at radius 3 is 2.11 bits per heavy atom. The number of carboxylic acids is 1. The number of nitrogens with two attached hydrogens (primary N) is 1. The number of nitrogens with one attached hydrogen (secondary N) is 1. The van der Waals surface area contributed by atoms with Crippen LogP contribution in [0.25, 0.3) is 0 Å². The molecule has 1 atom stereocenters. The van der Waals surface area contributed by atoms with Crippen LogP contribution in [0, 0.1) is 11.3 Å². The summed E-state index contributed by atoms with van der Waals surface area (Å²) < 4.78 is 0. The van der Waals surface area contributed by atoms with Gasteiger partial charge >= 0.3 is 5.97 Å². The van der Waals surface area contributed by atoms with E-state index in [0.29, 0.717) is 0 Å². The van der Waals surface area contributed by atoms with Gasteiger partial charge in [0.25, 0.3) is 0 Å². The maximum absolute atomic E-state index is 9.92. The topological polar surface area (TPSA) is 87.2 Å². The van der Waals surface area contributed by atoms with Gasteiger partial charge in [-0.3, -0.25) is 10.2 Å². The summed E-state index contributed by atoms with van der Waals surface area (Å²) in [5, 5.41) is 14.8. The molecule has 1 unspecified atom stereocenters. The molecule has 0 aromatic rings. The van der Waals surface area contributed by atoms with Crippen LogP contribution in [-0.2, 0) is 4.79 Å². The van der Waals surface area contributed by atoms with Gasteiger partial charge in [-0.2, -0.15) is 0 Å². The maximum atomic E-state index is 9.92. The van der Waals surface area contributed by atoms with Crippen LogP contribution in [0.2, 0.25) is 0 Å². The van der Waals surface area contributed by atoms with Crippen molar-refractivity contribution in [1.82, 2.24) is 0 Å². The Balaban J connectivity index is 0. The zero-order chi connectivity index (χ0) is 6.73. The minimum atomic E-state index is -1.06. The highest BCUT2D eigenvalue weighted by Crippen LogP contribution is 1.90. The summed E-state index contributed by atoms with van der Waals surface area (Å²) in [6.45, 7) is 1.37. The molecule has 0 spiro atoms. The number of carboxylic acid groups (broad SMARTS) is 1. The van der Waals surface area contributed by atoms with Crippen LogP contribution >= 0.6 is 12.4 Å². The van der Waals surface area contributed by atoms with Crippen molar-refractivity contribution in [1.29, 1.82) is 5.41 Å². The van der Waals surface area contributed by atoms with Crippen molar-refractivity contribution < 1.29 is 9.90 Å². The summed E-state index contributed by atoms with van der Waals surface area (Å²) in [6, 6.07) is 0. The first-order chi connectivity index (χ1) is 3.55. The number of aliphatic carboxylic acids is 1. The van der Waals surface area contributed by atoms with Crippen LogP contribution < -0.4 is 5.73 Å². The number of amidine groups is 1. The first-order valence-corrected chi connectivity index (χ1v) is 2.12. The highest BCUT2D eigenvalue weighted by Gasteiger charge is 2.12. The van der Waals surface area contributed by atoms with Crippen molar-refractivity contribution in [3.05, 3.63) is 0 Å². The highest BCUT2D eigenvalue weighted by atomic mass is 35.5. The van der Waals surface area contributed by atoms with Gasteiger partial charge in [0.2, 0.25) is 0 Å². The van der Waals surface area contributed by atoms with Crippen LogP contribution in [0.5, 0.6) is 0 Å². The molecule has 0 heterocycles. The van der Waals surface area contributed by atoms with Crippen molar-refractivity contribution in [2.45, 2.75) is 6.92 Å². The molecule has 0 aromatic carbocycles. The van der Waals surface area contributed by atoms with Gasteiger partial charge in [0.15, 0.2) is 0 Å². The lowest BCUT2D eigenvalue weighted by molar-refractivity contribution is -0.138. The molecule has 0 bridgehead atoms. The van der Waals surface area contributed by atoms with Crippen molar-refractivity contribution in [2.24, 2.45) is 11.7 Å². The number of halogens is 1. The molecule has 0 saturated heterocycles. The van der Waals surface area contributed by atoms with Crippen LogP contribution in [-0.4, -0.2) is 16.9 Å². The predicted molar refractivity (Wildman–Crippen MR) is 36.0 cm³/mol. The fraction of sp³-hybridized carbons (Fsp3) is 0.500. The molecule has 0 aliphatic rings. The van der Waals surface area contributed by atoms with Gasteiger partial charge < -0.3 is 10.8 Å². The van der Waals surface area contributed by atoms with Gasteiger partial charge in [-0.25, -0.2) is 0 Å². The summed E-state index contributed by atoms with van der Waals surface area (Å²) in [4.78, 5) is 9.92. The number of hydrogen-bond donors (Lipinski definition) is 3. The molecule has 0 saturated carbocycles. The van der Waals surface area contributed by atoms with E-state index >= 15 is 0 Å². The van der Waals surface area contributed by atoms with Gasteiger partial charge in [0, 0.05) is 0 Å². The molecule has 4 nitrogen and oxygen atoms in total. The molecule has 9 heavy (non-hydrogen) atoms. The molecular weight excluding hydrogens is 144 g/mol. The van der Waals surface area contributed by atoms with E-state index in [2.05, 4.69) is 0 Å². The molecule has 0 rings (SSSR count). The second-order valence-corrected chi connectivity index (χ2v) is 1.52. The van der Waals surface area contributed by atoms with Crippen molar-refractivity contribution in [3.63, 3.8) is 0 Å². The van der Waals surface area contributed by atoms with E-state index in [1.807, 2.05) is 0 Å². The molecule has 54 valence electrons. The summed E-state index contributed by atoms with van der Waals surface area (Å²) in [5.41, 5.74) is 4.84. The molecule has 0 fully saturated rings. The van der Waals surface area contributed by atoms with E-state index < -0.39 is 11.9 Å². The van der Waals surface area contributed by atoms with E-state index in [1.165, 1.54) is 6.92 Å². The molecule has 0 amide bonds. The van der Waals surface area contributed by atoms with Crippen LogP contribution in [0.3, 0.4) is 0 Å². The standard InChI is InChI=1S/C4H8N2O2.ClH/c1-2(3(5)6)4(7)8;/h2H,1H3,(H3,5,6)(H,7,8);1H. The van der Waals surface area contributed by atoms with E-state index in [-0.39, 0.29) is 18.2 Å². The van der Waals surface area contributed by atoms with Crippen LogP contribution in [0.1, 0.15) is 6.92 Å². The first kappa shape index (κ1) is 11.1. The molecule has 4 N–H and O–H groups in total. The van der Waals surface area contributed by atoms with E-state index in [4.69, 9.17) is 16.2 Å². The second kappa shape index (κ2) is 4.14. The average molecular weight is 153 g/mol. The maximum Gasteiger partial charge on any atom is 0.313 e. The Morgan fingerprint density at radius 1 is 1.78 bits per heavy atom. The molecular formula is C4H9ClN2O2. The van der Waals surface area contributed by atoms with Crippen molar-refractivity contribution in [2.75, 3.05) is 0 Å². The number of hydrogen-bond acceptors (Lipinski definition) is 2. The largest absolute Gasteiger partial charge is 0.481 e. The summed E-state index contributed by atoms with van der Waals surface area (Å²) in [5.74, 6) is -2.22. The lowest BCUT2D eigenvalue weighted by atomic mass is 10.2. The third kappa shape index (κ3) is 3.78. The zero-order valence-electron chi connectivity index (χ0n) is 4.92. The Labute approximate surface area is 59.0 Å². The van der Waals surface area contributed by atoms with Gasteiger partial charge in [0.05, 0.1) is 0 Å². The van der Waals surface area contributed by atoms with Crippen molar-refractivity contribution in [3.8, 4) is 0 Å². The monoisotopic (exact) mass is 152 g/mol. The fourth-order valence-electron chi connectivity index (χ4n) is 0.133. The molecule has 0 aromatic heterocycles. The Bertz CT molecular complexity index is 112. The first-order valence-electron chi connectivity index (χ1n) is 2.12. The average Bonchev–Trinajstić information content (AvgIpc) is 1.64. The quantitative estimate of drug-likeness (QED) is 0.386. The SMILES string of the molecule is CC(C(=N)N)C(=O)O.Cl. The highest BCUT2D eigenvalue weighted by molar-refractivity contribution is 5.97. The third-order valence-electron chi connectivity index (χ3n) is 0.837. The lowest BCUT2D eigenvalue weighted by Crippen LogP contribution is -2.26. The van der Waals surface area contributed by atoms with Gasteiger partial charge in [-0.15, -0.1) is 12.4 Å². The van der Waals surface area contributed by atoms with Crippen LogP contribution in [0.4, 0.5) is 0 Å². The molecule has 5 heteroatoms. The Hall–Kier alpha value is -0.770. The third-order valence-corrected chi connectivity index (χ3v) is 0.837. The molecule has 0 aliphatic heterocycles. The minimum absolute atomic E-state index is 0. The number of carbonyl (C=O) groups is 1. The normalized spacial score (nSPS) is 11.2. The van der Waals surface area contributed by atoms with Gasteiger partial charge in [0.1, 0.15) is 11.8 Å². The molecule has 0 aliphatic carbocycles. The van der Waals surface area contributed by atoms with Gasteiger partial charge in [-0.1, -0.05) is 0 Å². The smallest absolute Gasteiger partial charge is 0.313 e. The van der Waals surface area contributed by atoms with E-state index in [0.717, 1.165) is 0 Å². The fourth-order valence-corrected chi connectivity index (χ4v) is 0.133. The summed E-state index contributed by atoms with van der Waals surface area (Å²) in [6.07, 6.45) is 0.